The van der Waals surface area contributed by atoms with E-state index in [-0.39, 0.29) is 0 Å². The monoisotopic (exact) mass is 275 g/mol. The van der Waals surface area contributed by atoms with Crippen LogP contribution in [0.15, 0.2) is 29.3 Å². The quantitative estimate of drug-likeness (QED) is 0.641. The van der Waals surface area contributed by atoms with Crippen LogP contribution in [0, 0.1) is 0 Å². The molecular formula is C16H25N3O. The van der Waals surface area contributed by atoms with E-state index in [1.807, 2.05) is 18.2 Å². The normalized spacial score (nSPS) is 15.8. The molecule has 2 rings (SSSR count). The van der Waals surface area contributed by atoms with Crippen molar-refractivity contribution in [3.8, 4) is 5.75 Å². The highest BCUT2D eigenvalue weighted by molar-refractivity contribution is 5.78. The van der Waals surface area contributed by atoms with Gasteiger partial charge in [0.05, 0.1) is 12.6 Å². The van der Waals surface area contributed by atoms with Crippen molar-refractivity contribution in [2.75, 3.05) is 13.1 Å². The lowest BCUT2D eigenvalue weighted by Gasteiger charge is -2.27. The van der Waals surface area contributed by atoms with E-state index in [1.165, 1.54) is 19.3 Å². The van der Waals surface area contributed by atoms with Crippen LogP contribution in [-0.4, -0.2) is 30.1 Å². The Morgan fingerprint density at radius 1 is 1.30 bits per heavy atom. The molecule has 0 aliphatic heterocycles. The number of aliphatic imine (C=N–C) groups is 1. The van der Waals surface area contributed by atoms with Crippen molar-refractivity contribution in [2.24, 2.45) is 10.7 Å². The van der Waals surface area contributed by atoms with Crippen LogP contribution in [0.1, 0.15) is 38.7 Å². The molecule has 0 atom stereocenters. The van der Waals surface area contributed by atoms with Gasteiger partial charge in [0.25, 0.3) is 0 Å². The molecule has 0 amide bonds. The second-order valence-corrected chi connectivity index (χ2v) is 5.13. The van der Waals surface area contributed by atoms with Crippen LogP contribution >= 0.6 is 0 Å². The average Bonchev–Trinajstić information content (AvgIpc) is 2.43. The van der Waals surface area contributed by atoms with Gasteiger partial charge in [-0.05, 0) is 39.2 Å². The maximum absolute atomic E-state index is 6.01. The molecule has 0 aromatic heterocycles. The van der Waals surface area contributed by atoms with E-state index in [0.29, 0.717) is 18.6 Å². The fraction of sp³-hybridized carbons (Fsp3) is 0.562. The summed E-state index contributed by atoms with van der Waals surface area (Å²) in [5.41, 5.74) is 7.12. The van der Waals surface area contributed by atoms with Gasteiger partial charge in [-0.2, -0.15) is 0 Å². The standard InChI is InChI=1S/C16H25N3O/c1-3-19(4-2)16(17)18-12-13-8-5-6-11-15(13)20-14-9-7-10-14/h5-6,8,11,14H,3-4,7,9-10,12H2,1-2H3,(H2,17,18). The largest absolute Gasteiger partial charge is 0.490 e. The Kier molecular flexibility index (Phi) is 5.27. The van der Waals surface area contributed by atoms with Gasteiger partial charge in [0.2, 0.25) is 0 Å². The summed E-state index contributed by atoms with van der Waals surface area (Å²) >= 11 is 0. The zero-order chi connectivity index (χ0) is 14.4. The minimum Gasteiger partial charge on any atom is -0.490 e. The Morgan fingerprint density at radius 2 is 2.00 bits per heavy atom. The number of rotatable bonds is 6. The minimum atomic E-state index is 0.389. The fourth-order valence-electron chi connectivity index (χ4n) is 2.23. The molecule has 1 saturated carbocycles. The van der Waals surface area contributed by atoms with Crippen molar-refractivity contribution in [3.63, 3.8) is 0 Å². The fourth-order valence-corrected chi connectivity index (χ4v) is 2.23. The van der Waals surface area contributed by atoms with Gasteiger partial charge >= 0.3 is 0 Å². The van der Waals surface area contributed by atoms with E-state index >= 15 is 0 Å². The smallest absolute Gasteiger partial charge is 0.191 e. The molecular weight excluding hydrogens is 250 g/mol. The molecule has 110 valence electrons. The number of nitrogens with two attached hydrogens (primary N) is 1. The lowest BCUT2D eigenvalue weighted by atomic mass is 9.96. The number of para-hydroxylation sites is 1. The summed E-state index contributed by atoms with van der Waals surface area (Å²) in [6.45, 7) is 6.50. The summed E-state index contributed by atoms with van der Waals surface area (Å²) in [4.78, 5) is 6.54. The highest BCUT2D eigenvalue weighted by atomic mass is 16.5. The summed E-state index contributed by atoms with van der Waals surface area (Å²) in [6, 6.07) is 8.12. The number of guanidine groups is 1. The molecule has 0 bridgehead atoms. The molecule has 1 aliphatic rings. The molecule has 0 unspecified atom stereocenters. The number of hydrogen-bond acceptors (Lipinski definition) is 2. The molecule has 1 aromatic rings. The zero-order valence-corrected chi connectivity index (χ0v) is 12.5. The second-order valence-electron chi connectivity index (χ2n) is 5.13. The number of ether oxygens (including phenoxy) is 1. The van der Waals surface area contributed by atoms with E-state index in [9.17, 15) is 0 Å². The van der Waals surface area contributed by atoms with Crippen molar-refractivity contribution < 1.29 is 4.74 Å². The Morgan fingerprint density at radius 3 is 2.60 bits per heavy atom. The lowest BCUT2D eigenvalue weighted by molar-refractivity contribution is 0.119. The maximum atomic E-state index is 6.01. The average molecular weight is 275 g/mol. The van der Waals surface area contributed by atoms with Gasteiger partial charge < -0.3 is 15.4 Å². The van der Waals surface area contributed by atoms with Crippen LogP contribution in [-0.2, 0) is 6.54 Å². The van der Waals surface area contributed by atoms with E-state index in [0.717, 1.165) is 24.4 Å². The van der Waals surface area contributed by atoms with Gasteiger partial charge in [-0.1, -0.05) is 18.2 Å². The first-order valence-corrected chi connectivity index (χ1v) is 7.54. The van der Waals surface area contributed by atoms with Gasteiger partial charge in [0.1, 0.15) is 5.75 Å². The molecule has 2 N–H and O–H groups in total. The van der Waals surface area contributed by atoms with Gasteiger partial charge in [-0.3, -0.25) is 0 Å². The molecule has 1 aromatic carbocycles. The zero-order valence-electron chi connectivity index (χ0n) is 12.5. The third kappa shape index (κ3) is 3.65. The van der Waals surface area contributed by atoms with Crippen molar-refractivity contribution in [1.82, 2.24) is 4.90 Å². The van der Waals surface area contributed by atoms with Gasteiger partial charge in [-0.15, -0.1) is 0 Å². The molecule has 1 fully saturated rings. The first-order valence-electron chi connectivity index (χ1n) is 7.54. The molecule has 20 heavy (non-hydrogen) atoms. The van der Waals surface area contributed by atoms with Crippen molar-refractivity contribution >= 4 is 5.96 Å². The minimum absolute atomic E-state index is 0.389. The van der Waals surface area contributed by atoms with Gasteiger partial charge in [0, 0.05) is 18.7 Å². The molecule has 4 nitrogen and oxygen atoms in total. The van der Waals surface area contributed by atoms with Crippen molar-refractivity contribution in [2.45, 2.75) is 45.8 Å². The van der Waals surface area contributed by atoms with Crippen molar-refractivity contribution in [3.05, 3.63) is 29.8 Å². The molecule has 0 spiro atoms. The Balaban J connectivity index is 2.02. The summed E-state index contributed by atoms with van der Waals surface area (Å²) < 4.78 is 6.00. The van der Waals surface area contributed by atoms with E-state index in [2.05, 4.69) is 29.8 Å². The van der Waals surface area contributed by atoms with E-state index in [4.69, 9.17) is 10.5 Å². The second kappa shape index (κ2) is 7.17. The van der Waals surface area contributed by atoms with Crippen LogP contribution in [0.2, 0.25) is 0 Å². The Labute approximate surface area is 121 Å². The Hall–Kier alpha value is -1.71. The molecule has 0 radical (unpaired) electrons. The van der Waals surface area contributed by atoms with Crippen LogP contribution < -0.4 is 10.5 Å². The number of benzene rings is 1. The third-order valence-corrected chi connectivity index (χ3v) is 3.82. The van der Waals surface area contributed by atoms with E-state index < -0.39 is 0 Å². The van der Waals surface area contributed by atoms with Gasteiger partial charge in [0.15, 0.2) is 5.96 Å². The maximum Gasteiger partial charge on any atom is 0.191 e. The number of nitrogens with zero attached hydrogens (tertiary/aromatic N) is 2. The highest BCUT2D eigenvalue weighted by Gasteiger charge is 2.20. The molecule has 1 aliphatic carbocycles. The van der Waals surface area contributed by atoms with E-state index in [1.54, 1.807) is 0 Å². The molecule has 0 heterocycles. The van der Waals surface area contributed by atoms with Gasteiger partial charge in [-0.25, -0.2) is 4.99 Å². The van der Waals surface area contributed by atoms with Crippen LogP contribution in [0.5, 0.6) is 5.75 Å². The topological polar surface area (TPSA) is 50.8 Å². The molecule has 4 heteroatoms. The SMILES string of the molecule is CCN(CC)C(N)=NCc1ccccc1OC1CCC1. The predicted molar refractivity (Wildman–Crippen MR) is 83.0 cm³/mol. The van der Waals surface area contributed by atoms with Crippen LogP contribution in [0.4, 0.5) is 0 Å². The summed E-state index contributed by atoms with van der Waals surface area (Å²) in [5, 5.41) is 0. The van der Waals surface area contributed by atoms with Crippen LogP contribution in [0.25, 0.3) is 0 Å². The molecule has 0 saturated heterocycles. The lowest BCUT2D eigenvalue weighted by Crippen LogP contribution is -2.37. The summed E-state index contributed by atoms with van der Waals surface area (Å²) in [6.07, 6.45) is 4.00. The summed E-state index contributed by atoms with van der Waals surface area (Å²) in [7, 11) is 0. The summed E-state index contributed by atoms with van der Waals surface area (Å²) in [5.74, 6) is 1.56. The van der Waals surface area contributed by atoms with Crippen LogP contribution in [0.3, 0.4) is 0 Å². The number of hydrogen-bond donors (Lipinski definition) is 1. The Bertz CT molecular complexity index is 451. The first-order chi connectivity index (χ1) is 9.74. The highest BCUT2D eigenvalue weighted by Crippen LogP contribution is 2.27. The first kappa shape index (κ1) is 14.7. The third-order valence-electron chi connectivity index (χ3n) is 3.82. The van der Waals surface area contributed by atoms with Crippen molar-refractivity contribution in [1.29, 1.82) is 0 Å². The predicted octanol–water partition coefficient (Wildman–Crippen LogP) is 2.77.